The summed E-state index contributed by atoms with van der Waals surface area (Å²) in [6, 6.07) is 0. The van der Waals surface area contributed by atoms with Crippen LogP contribution in [0.3, 0.4) is 0 Å². The largest absolute Gasteiger partial charge is 0.491 e. The molecule has 1 aliphatic heterocycles. The molecule has 5 atom stereocenters. The standard InChI is InChI=1S/C21H30F2O5/c22-19-14-12-20(27,11-8-17(24)21(23)9-4-1-5-10-21)13-16(14)28-15(19)6-2-3-7-18(25)26/h6,8,11,14,16-17,19,24,27H,1-5,7,9-10,12-13H2,(H,25,26). The first kappa shape index (κ1) is 21.2. The van der Waals surface area contributed by atoms with Crippen molar-refractivity contribution in [2.45, 2.75) is 93.9 Å². The minimum atomic E-state index is -1.65. The van der Waals surface area contributed by atoms with Crippen molar-refractivity contribution in [3.63, 3.8) is 0 Å². The third kappa shape index (κ3) is 4.74. The predicted molar refractivity (Wildman–Crippen MR) is 99.1 cm³/mol. The Labute approximate surface area is 164 Å². The first-order valence-electron chi connectivity index (χ1n) is 10.2. The number of ether oxygens (including phenoxy) is 1. The number of aliphatic hydroxyl groups is 2. The second kappa shape index (κ2) is 8.49. The van der Waals surface area contributed by atoms with Crippen LogP contribution in [0.2, 0.25) is 0 Å². The van der Waals surface area contributed by atoms with Crippen molar-refractivity contribution in [3.05, 3.63) is 24.0 Å². The number of allylic oxidation sites excluding steroid dienone is 2. The van der Waals surface area contributed by atoms with Crippen LogP contribution in [0.25, 0.3) is 0 Å². The average Bonchev–Trinajstić information content (AvgIpc) is 3.12. The number of halogens is 2. The first-order valence-corrected chi connectivity index (χ1v) is 10.2. The van der Waals surface area contributed by atoms with Crippen LogP contribution in [0.4, 0.5) is 8.78 Å². The number of aliphatic carboxylic acids is 1. The molecule has 0 aromatic heterocycles. The highest BCUT2D eigenvalue weighted by Gasteiger charge is 2.53. The number of aliphatic hydroxyl groups excluding tert-OH is 1. The fourth-order valence-electron chi connectivity index (χ4n) is 4.67. The molecule has 0 amide bonds. The van der Waals surface area contributed by atoms with Crippen LogP contribution in [-0.4, -0.2) is 50.9 Å². The number of alkyl halides is 2. The van der Waals surface area contributed by atoms with Crippen molar-refractivity contribution in [1.82, 2.24) is 0 Å². The van der Waals surface area contributed by atoms with E-state index in [2.05, 4.69) is 0 Å². The molecule has 0 aromatic rings. The maximum Gasteiger partial charge on any atom is 0.303 e. The number of hydrogen-bond donors (Lipinski definition) is 3. The third-order valence-corrected chi connectivity index (χ3v) is 6.30. The van der Waals surface area contributed by atoms with Gasteiger partial charge in [0.25, 0.3) is 0 Å². The molecule has 158 valence electrons. The highest BCUT2D eigenvalue weighted by atomic mass is 19.1. The van der Waals surface area contributed by atoms with Gasteiger partial charge in [-0.25, -0.2) is 8.78 Å². The van der Waals surface area contributed by atoms with Crippen LogP contribution in [0.1, 0.15) is 64.2 Å². The highest BCUT2D eigenvalue weighted by Crippen LogP contribution is 2.48. The topological polar surface area (TPSA) is 87.0 Å². The Morgan fingerprint density at radius 1 is 1.29 bits per heavy atom. The van der Waals surface area contributed by atoms with E-state index in [0.717, 1.165) is 19.3 Å². The molecule has 0 radical (unpaired) electrons. The Balaban J connectivity index is 1.55. The van der Waals surface area contributed by atoms with Crippen molar-refractivity contribution < 1.29 is 33.6 Å². The van der Waals surface area contributed by atoms with E-state index in [0.29, 0.717) is 25.7 Å². The van der Waals surface area contributed by atoms with Crippen molar-refractivity contribution in [3.8, 4) is 0 Å². The summed E-state index contributed by atoms with van der Waals surface area (Å²) in [5.74, 6) is -1.16. The van der Waals surface area contributed by atoms with Crippen molar-refractivity contribution in [1.29, 1.82) is 0 Å². The van der Waals surface area contributed by atoms with Gasteiger partial charge in [0.1, 0.15) is 23.6 Å². The Kier molecular flexibility index (Phi) is 6.44. The smallest absolute Gasteiger partial charge is 0.303 e. The lowest BCUT2D eigenvalue weighted by Crippen LogP contribution is -2.39. The van der Waals surface area contributed by atoms with Gasteiger partial charge in [0, 0.05) is 18.8 Å². The van der Waals surface area contributed by atoms with Crippen LogP contribution in [0.15, 0.2) is 24.0 Å². The number of carboxylic acid groups (broad SMARTS) is 1. The van der Waals surface area contributed by atoms with Gasteiger partial charge in [0.2, 0.25) is 0 Å². The molecule has 3 N–H and O–H groups in total. The fraction of sp³-hybridized carbons (Fsp3) is 0.762. The van der Waals surface area contributed by atoms with E-state index in [9.17, 15) is 23.8 Å². The van der Waals surface area contributed by atoms with E-state index in [4.69, 9.17) is 9.84 Å². The molecule has 0 spiro atoms. The van der Waals surface area contributed by atoms with E-state index in [-0.39, 0.29) is 25.0 Å². The van der Waals surface area contributed by atoms with Gasteiger partial charge in [-0.3, -0.25) is 4.79 Å². The normalized spacial score (nSPS) is 37.1. The Hall–Kier alpha value is -1.47. The zero-order valence-electron chi connectivity index (χ0n) is 16.0. The van der Waals surface area contributed by atoms with Gasteiger partial charge in [0.15, 0.2) is 6.17 Å². The first-order chi connectivity index (χ1) is 13.2. The van der Waals surface area contributed by atoms with E-state index in [1.807, 2.05) is 0 Å². The highest BCUT2D eigenvalue weighted by molar-refractivity contribution is 5.66. The number of fused-ring (bicyclic) bond motifs is 1. The summed E-state index contributed by atoms with van der Waals surface area (Å²) in [5.41, 5.74) is -2.97. The van der Waals surface area contributed by atoms with Gasteiger partial charge in [0.05, 0.1) is 5.60 Å². The maximum atomic E-state index is 14.8. The van der Waals surface area contributed by atoms with Gasteiger partial charge in [-0.1, -0.05) is 31.4 Å². The van der Waals surface area contributed by atoms with E-state index in [1.54, 1.807) is 6.08 Å². The molecule has 1 saturated heterocycles. The fourth-order valence-corrected chi connectivity index (χ4v) is 4.67. The summed E-state index contributed by atoms with van der Waals surface area (Å²) in [4.78, 5) is 10.5. The summed E-state index contributed by atoms with van der Waals surface area (Å²) in [6.07, 6.45) is 5.54. The molecule has 5 nitrogen and oxygen atoms in total. The molecule has 3 aliphatic rings. The molecule has 1 heterocycles. The number of unbranched alkanes of at least 4 members (excludes halogenated alkanes) is 1. The zero-order chi connectivity index (χ0) is 20.4. The lowest BCUT2D eigenvalue weighted by atomic mass is 9.81. The minimum absolute atomic E-state index is 0.0243. The minimum Gasteiger partial charge on any atom is -0.491 e. The van der Waals surface area contributed by atoms with Gasteiger partial charge in [-0.05, 0) is 38.2 Å². The molecule has 7 heteroatoms. The lowest BCUT2D eigenvalue weighted by molar-refractivity contribution is -0.137. The Morgan fingerprint density at radius 3 is 2.64 bits per heavy atom. The van der Waals surface area contributed by atoms with Crippen LogP contribution in [-0.2, 0) is 9.53 Å². The number of carbonyl (C=O) groups is 1. The molecule has 3 rings (SSSR count). The molecule has 0 bridgehead atoms. The molecule has 3 fully saturated rings. The number of carboxylic acids is 1. The van der Waals surface area contributed by atoms with Crippen LogP contribution in [0.5, 0.6) is 0 Å². The molecule has 5 unspecified atom stereocenters. The summed E-state index contributed by atoms with van der Waals surface area (Å²) >= 11 is 0. The molecule has 28 heavy (non-hydrogen) atoms. The van der Waals surface area contributed by atoms with Crippen LogP contribution in [0, 0.1) is 5.92 Å². The van der Waals surface area contributed by atoms with Crippen LogP contribution < -0.4 is 0 Å². The average molecular weight is 400 g/mol. The SMILES string of the molecule is O=C(O)CCCC=C1OC2CC(O)(C=CC(O)C3(F)CCCCC3)CC2C1F. The van der Waals surface area contributed by atoms with Crippen molar-refractivity contribution in [2.75, 3.05) is 0 Å². The van der Waals surface area contributed by atoms with E-state index < -0.39 is 41.5 Å². The third-order valence-electron chi connectivity index (χ3n) is 6.30. The maximum absolute atomic E-state index is 14.8. The molecule has 2 saturated carbocycles. The van der Waals surface area contributed by atoms with Gasteiger partial charge >= 0.3 is 5.97 Å². The Morgan fingerprint density at radius 2 is 2.00 bits per heavy atom. The molecule has 0 aromatic carbocycles. The van der Waals surface area contributed by atoms with E-state index in [1.165, 1.54) is 12.2 Å². The van der Waals surface area contributed by atoms with E-state index >= 15 is 0 Å². The van der Waals surface area contributed by atoms with Gasteiger partial charge < -0.3 is 20.1 Å². The molecular weight excluding hydrogens is 370 g/mol. The van der Waals surface area contributed by atoms with Crippen molar-refractivity contribution >= 4 is 5.97 Å². The monoisotopic (exact) mass is 400 g/mol. The van der Waals surface area contributed by atoms with Crippen molar-refractivity contribution in [2.24, 2.45) is 5.92 Å². The Bertz CT molecular complexity index is 628. The number of rotatable bonds is 7. The summed E-state index contributed by atoms with van der Waals surface area (Å²) in [6.45, 7) is 0. The molecule has 2 aliphatic carbocycles. The second-order valence-corrected chi connectivity index (χ2v) is 8.53. The van der Waals surface area contributed by atoms with Gasteiger partial charge in [-0.2, -0.15) is 0 Å². The van der Waals surface area contributed by atoms with Crippen LogP contribution >= 0.6 is 0 Å². The summed E-state index contributed by atoms with van der Waals surface area (Å²) < 4.78 is 35.1. The zero-order valence-corrected chi connectivity index (χ0v) is 16.0. The summed E-state index contributed by atoms with van der Waals surface area (Å²) in [7, 11) is 0. The quantitative estimate of drug-likeness (QED) is 0.449. The second-order valence-electron chi connectivity index (χ2n) is 8.53. The summed E-state index contributed by atoms with van der Waals surface area (Å²) in [5, 5.41) is 29.6. The van der Waals surface area contributed by atoms with Gasteiger partial charge in [-0.15, -0.1) is 0 Å². The predicted octanol–water partition coefficient (Wildman–Crippen LogP) is 3.59. The lowest BCUT2D eigenvalue weighted by Gasteiger charge is -2.32. The molecular formula is C21H30F2O5. The number of hydrogen-bond acceptors (Lipinski definition) is 4.